The second kappa shape index (κ2) is 8.57. The van der Waals surface area contributed by atoms with E-state index in [-0.39, 0.29) is 22.8 Å². The van der Waals surface area contributed by atoms with Crippen LogP contribution in [-0.2, 0) is 12.8 Å². The summed E-state index contributed by atoms with van der Waals surface area (Å²) in [5.74, 6) is -1.40. The van der Waals surface area contributed by atoms with E-state index in [1.807, 2.05) is 25.1 Å². The summed E-state index contributed by atoms with van der Waals surface area (Å²) in [6, 6.07) is 9.98. The van der Waals surface area contributed by atoms with Crippen molar-refractivity contribution < 1.29 is 19.5 Å². The minimum absolute atomic E-state index is 0.00833. The van der Waals surface area contributed by atoms with Gasteiger partial charge in [-0.05, 0) is 30.2 Å². The number of carbonyl (C=O) groups excluding carboxylic acids is 2. The molecule has 9 nitrogen and oxygen atoms in total. The Morgan fingerprint density at radius 2 is 1.93 bits per heavy atom. The molecule has 0 radical (unpaired) electrons. The normalized spacial score (nSPS) is 10.5. The van der Waals surface area contributed by atoms with E-state index in [1.165, 1.54) is 6.07 Å². The molecular weight excluding hydrogens is 394 g/mol. The molecular formula is C19H19N5O4S. The highest BCUT2D eigenvalue weighted by molar-refractivity contribution is 7.13. The van der Waals surface area contributed by atoms with Crippen molar-refractivity contribution in [3.05, 3.63) is 63.2 Å². The van der Waals surface area contributed by atoms with Crippen molar-refractivity contribution in [3.8, 4) is 0 Å². The SMILES string of the molecule is CCc1ccccc1NC(=O)Nc1nc(Cc2ccc(C(=O)O)s2)[nH]c1C(N)=O. The lowest BCUT2D eigenvalue weighted by Crippen LogP contribution is -2.23. The zero-order chi connectivity index (χ0) is 21.0. The summed E-state index contributed by atoms with van der Waals surface area (Å²) in [7, 11) is 0. The second-order valence-corrected chi connectivity index (χ2v) is 7.28. The lowest BCUT2D eigenvalue weighted by atomic mass is 10.1. The molecule has 0 saturated carbocycles. The summed E-state index contributed by atoms with van der Waals surface area (Å²) >= 11 is 1.10. The number of amides is 3. The van der Waals surface area contributed by atoms with Crippen LogP contribution in [0.4, 0.5) is 16.3 Å². The summed E-state index contributed by atoms with van der Waals surface area (Å²) in [5, 5.41) is 14.3. The number of carboxylic acid groups (broad SMARTS) is 1. The molecule has 3 aromatic rings. The van der Waals surface area contributed by atoms with Crippen molar-refractivity contribution in [3.63, 3.8) is 0 Å². The molecule has 2 heterocycles. The number of carbonyl (C=O) groups is 3. The first-order valence-corrected chi connectivity index (χ1v) is 9.55. The quantitative estimate of drug-likeness (QED) is 0.403. The number of hydrogen-bond acceptors (Lipinski definition) is 5. The van der Waals surface area contributed by atoms with Crippen LogP contribution in [0, 0.1) is 0 Å². The summed E-state index contributed by atoms with van der Waals surface area (Å²) < 4.78 is 0. The van der Waals surface area contributed by atoms with Crippen LogP contribution < -0.4 is 16.4 Å². The molecule has 3 rings (SSSR count). The predicted molar refractivity (Wildman–Crippen MR) is 110 cm³/mol. The summed E-state index contributed by atoms with van der Waals surface area (Å²) in [6.45, 7) is 1.98. The van der Waals surface area contributed by atoms with E-state index >= 15 is 0 Å². The number of carboxylic acids is 1. The van der Waals surface area contributed by atoms with E-state index in [9.17, 15) is 14.4 Å². The fourth-order valence-corrected chi connectivity index (χ4v) is 3.59. The number of aromatic amines is 1. The van der Waals surface area contributed by atoms with Crippen molar-refractivity contribution in [1.82, 2.24) is 9.97 Å². The Labute approximate surface area is 170 Å². The number of H-pyrrole nitrogens is 1. The Balaban J connectivity index is 1.76. The maximum Gasteiger partial charge on any atom is 0.345 e. The average molecular weight is 413 g/mol. The fraction of sp³-hybridized carbons (Fsp3) is 0.158. The van der Waals surface area contributed by atoms with Gasteiger partial charge < -0.3 is 21.1 Å². The van der Waals surface area contributed by atoms with Gasteiger partial charge in [-0.25, -0.2) is 14.6 Å². The molecule has 6 N–H and O–H groups in total. The molecule has 0 aliphatic rings. The fourth-order valence-electron chi connectivity index (χ4n) is 2.74. The molecule has 0 saturated heterocycles. The first kappa shape index (κ1) is 20.1. The number of para-hydroxylation sites is 1. The first-order valence-electron chi connectivity index (χ1n) is 8.74. The van der Waals surface area contributed by atoms with Gasteiger partial charge in [-0.2, -0.15) is 0 Å². The number of thiophene rings is 1. The Morgan fingerprint density at radius 1 is 1.17 bits per heavy atom. The highest BCUT2D eigenvalue weighted by Crippen LogP contribution is 2.21. The van der Waals surface area contributed by atoms with Gasteiger partial charge in [0.15, 0.2) is 5.82 Å². The highest BCUT2D eigenvalue weighted by Gasteiger charge is 2.18. The van der Waals surface area contributed by atoms with Gasteiger partial charge in [-0.15, -0.1) is 11.3 Å². The number of imidazole rings is 1. The molecule has 10 heteroatoms. The number of aromatic carboxylic acids is 1. The van der Waals surface area contributed by atoms with Crippen LogP contribution in [-0.4, -0.2) is 33.0 Å². The molecule has 1 aromatic carbocycles. The Morgan fingerprint density at radius 3 is 2.59 bits per heavy atom. The minimum atomic E-state index is -1.01. The topological polar surface area (TPSA) is 150 Å². The number of primary amides is 1. The number of nitrogens with two attached hydrogens (primary N) is 1. The first-order chi connectivity index (χ1) is 13.9. The van der Waals surface area contributed by atoms with E-state index in [1.54, 1.807) is 12.1 Å². The van der Waals surface area contributed by atoms with Gasteiger partial charge in [-0.3, -0.25) is 10.1 Å². The van der Waals surface area contributed by atoms with Crippen LogP contribution in [0.2, 0.25) is 0 Å². The molecule has 0 aliphatic heterocycles. The monoisotopic (exact) mass is 413 g/mol. The number of nitrogens with zero attached hydrogens (tertiary/aromatic N) is 1. The standard InChI is InChI=1S/C19H19N5O4S/c1-2-10-5-3-4-6-12(10)21-19(28)24-17-15(16(20)25)22-14(23-17)9-11-7-8-13(29-11)18(26)27/h3-8H,2,9H2,1H3,(H2,20,25)(H,22,23)(H,26,27)(H2,21,24,28). The molecule has 0 atom stereocenters. The van der Waals surface area contributed by atoms with Gasteiger partial charge >= 0.3 is 12.0 Å². The third-order valence-electron chi connectivity index (χ3n) is 4.09. The van der Waals surface area contributed by atoms with E-state index in [0.29, 0.717) is 11.5 Å². The van der Waals surface area contributed by atoms with Crippen molar-refractivity contribution in [1.29, 1.82) is 0 Å². The summed E-state index contributed by atoms with van der Waals surface area (Å²) in [4.78, 5) is 43.1. The van der Waals surface area contributed by atoms with Gasteiger partial charge in [0.1, 0.15) is 16.4 Å². The van der Waals surface area contributed by atoms with Crippen molar-refractivity contribution in [2.24, 2.45) is 5.73 Å². The second-order valence-electron chi connectivity index (χ2n) is 6.11. The number of aromatic nitrogens is 2. The van der Waals surface area contributed by atoms with Gasteiger partial charge in [-0.1, -0.05) is 25.1 Å². The molecule has 0 unspecified atom stereocenters. The van der Waals surface area contributed by atoms with Crippen molar-refractivity contribution in [2.75, 3.05) is 10.6 Å². The number of aryl methyl sites for hydroxylation is 1. The third kappa shape index (κ3) is 4.79. The molecule has 0 bridgehead atoms. The lowest BCUT2D eigenvalue weighted by molar-refractivity contribution is 0.0702. The zero-order valence-corrected chi connectivity index (χ0v) is 16.3. The highest BCUT2D eigenvalue weighted by atomic mass is 32.1. The maximum absolute atomic E-state index is 12.4. The number of benzene rings is 1. The van der Waals surface area contributed by atoms with E-state index in [0.717, 1.165) is 28.2 Å². The van der Waals surface area contributed by atoms with Crippen LogP contribution in [0.25, 0.3) is 0 Å². The Kier molecular flexibility index (Phi) is 5.93. The minimum Gasteiger partial charge on any atom is -0.477 e. The van der Waals surface area contributed by atoms with E-state index in [2.05, 4.69) is 20.6 Å². The maximum atomic E-state index is 12.4. The summed E-state index contributed by atoms with van der Waals surface area (Å²) in [6.07, 6.45) is 1.01. The van der Waals surface area contributed by atoms with Crippen LogP contribution in [0.3, 0.4) is 0 Å². The smallest absolute Gasteiger partial charge is 0.345 e. The van der Waals surface area contributed by atoms with Crippen LogP contribution in [0.1, 0.15) is 43.3 Å². The largest absolute Gasteiger partial charge is 0.477 e. The Bertz CT molecular complexity index is 1070. The van der Waals surface area contributed by atoms with Crippen molar-refractivity contribution >= 4 is 40.7 Å². The third-order valence-corrected chi connectivity index (χ3v) is 5.16. The molecule has 29 heavy (non-hydrogen) atoms. The molecule has 0 fully saturated rings. The number of nitrogens with one attached hydrogen (secondary N) is 3. The number of hydrogen-bond donors (Lipinski definition) is 5. The average Bonchev–Trinajstić information content (AvgIpc) is 3.29. The van der Waals surface area contributed by atoms with Crippen molar-refractivity contribution in [2.45, 2.75) is 19.8 Å². The number of urea groups is 1. The van der Waals surface area contributed by atoms with Gasteiger partial charge in [0.25, 0.3) is 5.91 Å². The molecule has 0 spiro atoms. The molecule has 150 valence electrons. The van der Waals surface area contributed by atoms with E-state index in [4.69, 9.17) is 10.8 Å². The zero-order valence-electron chi connectivity index (χ0n) is 15.5. The molecule has 2 aromatic heterocycles. The van der Waals surface area contributed by atoms with Gasteiger partial charge in [0, 0.05) is 17.0 Å². The number of rotatable bonds is 7. The lowest BCUT2D eigenvalue weighted by Gasteiger charge is -2.10. The van der Waals surface area contributed by atoms with Gasteiger partial charge in [0.05, 0.1) is 0 Å². The van der Waals surface area contributed by atoms with Crippen LogP contribution in [0.15, 0.2) is 36.4 Å². The molecule has 0 aliphatic carbocycles. The van der Waals surface area contributed by atoms with Crippen LogP contribution in [0.5, 0.6) is 0 Å². The van der Waals surface area contributed by atoms with Crippen LogP contribution >= 0.6 is 11.3 Å². The Hall–Kier alpha value is -3.66. The molecule has 3 amide bonds. The number of anilines is 2. The van der Waals surface area contributed by atoms with Gasteiger partial charge in [0.2, 0.25) is 0 Å². The summed E-state index contributed by atoms with van der Waals surface area (Å²) in [5.41, 5.74) is 6.97. The van der Waals surface area contributed by atoms with E-state index < -0.39 is 17.9 Å². The predicted octanol–water partition coefficient (Wildman–Crippen LogP) is 3.07.